The predicted octanol–water partition coefficient (Wildman–Crippen LogP) is 5.90. The van der Waals surface area contributed by atoms with Crippen molar-refractivity contribution in [3.63, 3.8) is 0 Å². The van der Waals surface area contributed by atoms with Gasteiger partial charge in [0.1, 0.15) is 11.9 Å². The summed E-state index contributed by atoms with van der Waals surface area (Å²) in [7, 11) is -0.722. The molecule has 0 N–H and O–H groups in total. The number of carbonyl (C=O) groups excluding carboxylic acids is 1. The molecule has 156 valence electrons. The monoisotopic (exact) mass is 426 g/mol. The fourth-order valence-electron chi connectivity index (χ4n) is 4.96. The lowest BCUT2D eigenvalue weighted by Crippen LogP contribution is -2.34. The van der Waals surface area contributed by atoms with Gasteiger partial charge in [0.25, 0.3) is 0 Å². The highest BCUT2D eigenvalue weighted by molar-refractivity contribution is 6.69. The Bertz CT molecular complexity index is 611. The lowest BCUT2D eigenvalue weighted by Gasteiger charge is -2.38. The number of hydrogen-bond acceptors (Lipinski definition) is 3. The lowest BCUT2D eigenvalue weighted by molar-refractivity contribution is 0.0127. The van der Waals surface area contributed by atoms with Crippen molar-refractivity contribution >= 4 is 26.4 Å². The zero-order valence-electron chi connectivity index (χ0n) is 16.7. The van der Waals surface area contributed by atoms with E-state index in [4.69, 9.17) is 21.1 Å². The van der Waals surface area contributed by atoms with Crippen LogP contribution in [0.4, 0.5) is 4.39 Å². The number of halogens is 2. The topological polar surface area (TPSA) is 35.5 Å². The molecule has 1 atom stereocenters. The Morgan fingerprint density at radius 1 is 1.11 bits per heavy atom. The first-order valence-corrected chi connectivity index (χ1v) is 13.5. The highest BCUT2D eigenvalue weighted by Crippen LogP contribution is 2.40. The maximum absolute atomic E-state index is 12.3. The Hall–Kier alpha value is -1.07. The van der Waals surface area contributed by atoms with Crippen LogP contribution in [0.25, 0.3) is 0 Å². The van der Waals surface area contributed by atoms with Gasteiger partial charge in [-0.05, 0) is 68.2 Å². The van der Waals surface area contributed by atoms with Crippen LogP contribution in [0.3, 0.4) is 0 Å². The summed E-state index contributed by atoms with van der Waals surface area (Å²) in [6.45, 7) is 1.34. The van der Waals surface area contributed by atoms with E-state index in [0.29, 0.717) is 16.3 Å². The van der Waals surface area contributed by atoms with Crippen molar-refractivity contribution in [1.29, 1.82) is 0 Å². The Kier molecular flexibility index (Phi) is 8.21. The Morgan fingerprint density at radius 2 is 1.71 bits per heavy atom. The van der Waals surface area contributed by atoms with Crippen LogP contribution < -0.4 is 4.74 Å². The van der Waals surface area contributed by atoms with Gasteiger partial charge in [-0.3, -0.25) is 0 Å². The first-order valence-electron chi connectivity index (χ1n) is 10.7. The molecule has 28 heavy (non-hydrogen) atoms. The van der Waals surface area contributed by atoms with Gasteiger partial charge < -0.3 is 9.47 Å². The normalized spacial score (nSPS) is 29.1. The summed E-state index contributed by atoms with van der Waals surface area (Å²) in [5.74, 6) is 1.76. The first kappa shape index (κ1) is 21.6. The van der Waals surface area contributed by atoms with Crippen LogP contribution in [0.5, 0.6) is 5.75 Å². The smallest absolute Gasteiger partial charge is 0.338 e. The zero-order valence-corrected chi connectivity index (χ0v) is 18.7. The van der Waals surface area contributed by atoms with Crippen LogP contribution in [0.15, 0.2) is 24.3 Å². The average Bonchev–Trinajstić information content (AvgIpc) is 2.74. The molecule has 1 aliphatic heterocycles. The second kappa shape index (κ2) is 10.6. The molecule has 0 aromatic heterocycles. The first-order chi connectivity index (χ1) is 13.6. The third-order valence-corrected chi connectivity index (χ3v) is 11.7. The third-order valence-electron chi connectivity index (χ3n) is 6.69. The van der Waals surface area contributed by atoms with E-state index < -0.39 is 15.7 Å². The summed E-state index contributed by atoms with van der Waals surface area (Å²) in [6, 6.07) is 9.25. The van der Waals surface area contributed by atoms with Gasteiger partial charge in [-0.25, -0.2) is 9.18 Å². The third kappa shape index (κ3) is 5.72. The standard InChI is InChI=1S/C22H32ClFO3Si/c1-2-21(23)28-13-11-17(12-14-28)16-3-9-20(10-4-16)27-22(25)18-5-7-19(8-6-18)26-15-24/h5-8,16-17,20-21,28H,2-4,9-15H2,1H3. The number of benzene rings is 1. The van der Waals surface area contributed by atoms with Crippen LogP contribution in [-0.4, -0.2) is 32.7 Å². The van der Waals surface area contributed by atoms with E-state index in [1.807, 2.05) is 0 Å². The minimum absolute atomic E-state index is 0.0172. The van der Waals surface area contributed by atoms with Crippen molar-refractivity contribution < 1.29 is 18.7 Å². The molecular weight excluding hydrogens is 395 g/mol. The lowest BCUT2D eigenvalue weighted by atomic mass is 9.76. The van der Waals surface area contributed by atoms with Crippen LogP contribution in [0, 0.1) is 11.8 Å². The highest BCUT2D eigenvalue weighted by Gasteiger charge is 2.33. The van der Waals surface area contributed by atoms with Gasteiger partial charge in [-0.2, -0.15) is 0 Å². The van der Waals surface area contributed by atoms with Crippen LogP contribution in [0.1, 0.15) is 62.2 Å². The number of hydrogen-bond donors (Lipinski definition) is 0. The molecular formula is C22H32ClFO3Si. The van der Waals surface area contributed by atoms with Crippen LogP contribution in [0.2, 0.25) is 12.1 Å². The van der Waals surface area contributed by atoms with Gasteiger partial charge >= 0.3 is 5.97 Å². The predicted molar refractivity (Wildman–Crippen MR) is 114 cm³/mol. The van der Waals surface area contributed by atoms with Crippen LogP contribution in [-0.2, 0) is 4.74 Å². The number of carbonyl (C=O) groups is 1. The second-order valence-electron chi connectivity index (χ2n) is 8.32. The molecule has 1 heterocycles. The molecule has 1 aliphatic carbocycles. The SMILES string of the molecule is CCC(Cl)[SiH]1CCC(C2CCC(OC(=O)c3ccc(OCF)cc3)CC2)CC1. The molecule has 1 aromatic rings. The maximum Gasteiger partial charge on any atom is 0.338 e. The largest absolute Gasteiger partial charge is 0.463 e. The summed E-state index contributed by atoms with van der Waals surface area (Å²) in [5, 5.41) is 0.480. The van der Waals surface area contributed by atoms with Gasteiger partial charge in [-0.15, -0.1) is 11.6 Å². The van der Waals surface area contributed by atoms with E-state index in [9.17, 15) is 9.18 Å². The van der Waals surface area contributed by atoms with E-state index in [1.165, 1.54) is 24.9 Å². The molecule has 6 heteroatoms. The number of alkyl halides is 2. The van der Waals surface area contributed by atoms with Crippen molar-refractivity contribution in [1.82, 2.24) is 0 Å². The quantitative estimate of drug-likeness (QED) is 0.309. The summed E-state index contributed by atoms with van der Waals surface area (Å²) < 4.78 is 22.6. The van der Waals surface area contributed by atoms with Crippen LogP contribution >= 0.6 is 11.6 Å². The minimum Gasteiger partial charge on any atom is -0.463 e. The van der Waals surface area contributed by atoms with Gasteiger partial charge in [0.05, 0.1) is 14.4 Å². The van der Waals surface area contributed by atoms with E-state index in [-0.39, 0.29) is 12.1 Å². The molecule has 2 fully saturated rings. The molecule has 0 radical (unpaired) electrons. The minimum atomic E-state index is -0.873. The molecule has 0 spiro atoms. The Labute approximate surface area is 174 Å². The van der Waals surface area contributed by atoms with Crippen molar-refractivity contribution in [3.05, 3.63) is 29.8 Å². The van der Waals surface area contributed by atoms with Crippen molar-refractivity contribution in [2.24, 2.45) is 11.8 Å². The van der Waals surface area contributed by atoms with E-state index >= 15 is 0 Å². The molecule has 1 saturated carbocycles. The van der Waals surface area contributed by atoms with Gasteiger partial charge in [-0.1, -0.05) is 31.9 Å². The highest BCUT2D eigenvalue weighted by atomic mass is 35.5. The van der Waals surface area contributed by atoms with Crippen molar-refractivity contribution in [2.45, 2.75) is 75.1 Å². The summed E-state index contributed by atoms with van der Waals surface area (Å²) in [6.07, 6.45) is 8.12. The van der Waals surface area contributed by atoms with Gasteiger partial charge in [0.2, 0.25) is 6.86 Å². The van der Waals surface area contributed by atoms with Crippen molar-refractivity contribution in [2.75, 3.05) is 6.86 Å². The molecule has 0 bridgehead atoms. The molecule has 2 aliphatic rings. The number of esters is 1. The summed E-state index contributed by atoms with van der Waals surface area (Å²) >= 11 is 6.51. The Morgan fingerprint density at radius 3 is 2.29 bits per heavy atom. The van der Waals surface area contributed by atoms with Gasteiger partial charge in [0, 0.05) is 5.00 Å². The second-order valence-corrected chi connectivity index (χ2v) is 12.8. The van der Waals surface area contributed by atoms with Crippen molar-refractivity contribution in [3.8, 4) is 5.75 Å². The van der Waals surface area contributed by atoms with E-state index in [0.717, 1.165) is 43.9 Å². The van der Waals surface area contributed by atoms with Gasteiger partial charge in [0.15, 0.2) is 0 Å². The zero-order chi connectivity index (χ0) is 19.9. The number of rotatable bonds is 7. The molecule has 1 unspecified atom stereocenters. The molecule has 3 nitrogen and oxygen atoms in total. The molecule has 1 aromatic carbocycles. The average molecular weight is 427 g/mol. The molecule has 0 amide bonds. The number of ether oxygens (including phenoxy) is 2. The summed E-state index contributed by atoms with van der Waals surface area (Å²) in [5.41, 5.74) is 0.489. The fraction of sp³-hybridized carbons (Fsp3) is 0.682. The molecule has 1 saturated heterocycles. The summed E-state index contributed by atoms with van der Waals surface area (Å²) in [4.78, 5) is 12.3. The maximum atomic E-state index is 12.3. The molecule has 3 rings (SSSR count). The fourth-order valence-corrected chi connectivity index (χ4v) is 9.11. The van der Waals surface area contributed by atoms with E-state index in [1.54, 1.807) is 24.3 Å². The van der Waals surface area contributed by atoms with E-state index in [2.05, 4.69) is 6.92 Å². The Balaban J connectivity index is 1.41.